The van der Waals surface area contributed by atoms with E-state index in [1.165, 1.54) is 0 Å². The van der Waals surface area contributed by atoms with Crippen LogP contribution >= 0.6 is 27.7 Å². The molecule has 3 nitrogen and oxygen atoms in total. The Hall–Kier alpha value is -1.20. The Morgan fingerprint density at radius 2 is 1.85 bits per heavy atom. The number of benzene rings is 1. The number of carbonyl (C=O) groups is 1. The van der Waals surface area contributed by atoms with Crippen LogP contribution in [0.25, 0.3) is 0 Å². The molecule has 104 valence electrons. The van der Waals surface area contributed by atoms with Gasteiger partial charge in [-0.25, -0.2) is 9.97 Å². The zero-order chi connectivity index (χ0) is 14.4. The zero-order valence-electron chi connectivity index (χ0n) is 11.2. The lowest BCUT2D eigenvalue weighted by atomic mass is 10.1. The highest BCUT2D eigenvalue weighted by atomic mass is 79.9. The predicted octanol–water partition coefficient (Wildman–Crippen LogP) is 4.30. The van der Waals surface area contributed by atoms with Crippen LogP contribution in [-0.2, 0) is 0 Å². The molecule has 0 aliphatic heterocycles. The van der Waals surface area contributed by atoms with Crippen molar-refractivity contribution < 1.29 is 4.79 Å². The number of carbonyl (C=O) groups excluding carboxylic acids is 1. The van der Waals surface area contributed by atoms with E-state index in [0.717, 1.165) is 32.9 Å². The van der Waals surface area contributed by atoms with Crippen LogP contribution in [0.15, 0.2) is 46.3 Å². The lowest BCUT2D eigenvalue weighted by molar-refractivity contribution is 0.0982. The lowest BCUT2D eigenvalue weighted by Crippen LogP contribution is -1.99. The van der Waals surface area contributed by atoms with Crippen LogP contribution in [0, 0.1) is 6.92 Å². The van der Waals surface area contributed by atoms with E-state index >= 15 is 0 Å². The summed E-state index contributed by atoms with van der Waals surface area (Å²) in [4.78, 5) is 20.4. The van der Waals surface area contributed by atoms with E-state index in [1.54, 1.807) is 11.8 Å². The van der Waals surface area contributed by atoms with Gasteiger partial charge in [-0.05, 0) is 31.0 Å². The second-order valence-electron chi connectivity index (χ2n) is 4.43. The van der Waals surface area contributed by atoms with Crippen LogP contribution in [0.3, 0.4) is 0 Å². The van der Waals surface area contributed by atoms with Gasteiger partial charge in [0.05, 0.1) is 0 Å². The molecule has 1 aromatic heterocycles. The SMILES string of the molecule is Cc1cnc(SCCCC(=O)c2ccc(Br)cc2)nc1. The van der Waals surface area contributed by atoms with Crippen molar-refractivity contribution in [1.82, 2.24) is 9.97 Å². The number of hydrogen-bond acceptors (Lipinski definition) is 4. The van der Waals surface area contributed by atoms with Crippen molar-refractivity contribution >= 4 is 33.5 Å². The summed E-state index contributed by atoms with van der Waals surface area (Å²) in [5.74, 6) is 1.04. The molecule has 2 rings (SSSR count). The smallest absolute Gasteiger partial charge is 0.187 e. The van der Waals surface area contributed by atoms with E-state index in [-0.39, 0.29) is 5.78 Å². The molecule has 0 radical (unpaired) electrons. The summed E-state index contributed by atoms with van der Waals surface area (Å²) in [6, 6.07) is 7.48. The van der Waals surface area contributed by atoms with Gasteiger partial charge in [0.1, 0.15) is 0 Å². The molecular weight excluding hydrogens is 336 g/mol. The van der Waals surface area contributed by atoms with E-state index in [0.29, 0.717) is 6.42 Å². The normalized spacial score (nSPS) is 10.5. The monoisotopic (exact) mass is 350 g/mol. The Morgan fingerprint density at radius 3 is 2.50 bits per heavy atom. The molecule has 2 aromatic rings. The van der Waals surface area contributed by atoms with E-state index in [9.17, 15) is 4.79 Å². The third-order valence-electron chi connectivity index (χ3n) is 2.70. The largest absolute Gasteiger partial charge is 0.294 e. The Morgan fingerprint density at radius 1 is 1.20 bits per heavy atom. The maximum absolute atomic E-state index is 12.0. The third kappa shape index (κ3) is 4.72. The fraction of sp³-hybridized carbons (Fsp3) is 0.267. The van der Waals surface area contributed by atoms with Crippen molar-refractivity contribution in [2.24, 2.45) is 0 Å². The Kier molecular flexibility index (Phi) is 5.73. The summed E-state index contributed by atoms with van der Waals surface area (Å²) in [5.41, 5.74) is 1.82. The molecule has 0 fully saturated rings. The van der Waals surface area contributed by atoms with Gasteiger partial charge < -0.3 is 0 Å². The molecule has 0 spiro atoms. The van der Waals surface area contributed by atoms with Crippen LogP contribution in [-0.4, -0.2) is 21.5 Å². The molecule has 20 heavy (non-hydrogen) atoms. The third-order valence-corrected chi connectivity index (χ3v) is 4.19. The zero-order valence-corrected chi connectivity index (χ0v) is 13.6. The van der Waals surface area contributed by atoms with E-state index in [1.807, 2.05) is 43.6 Å². The van der Waals surface area contributed by atoms with Crippen molar-refractivity contribution in [3.63, 3.8) is 0 Å². The van der Waals surface area contributed by atoms with Crippen LogP contribution in [0.5, 0.6) is 0 Å². The molecular formula is C15H15BrN2OS. The second kappa shape index (κ2) is 7.55. The highest BCUT2D eigenvalue weighted by molar-refractivity contribution is 9.10. The maximum atomic E-state index is 12.0. The Labute approximate surface area is 131 Å². The van der Waals surface area contributed by atoms with Gasteiger partial charge in [-0.3, -0.25) is 4.79 Å². The highest BCUT2D eigenvalue weighted by Gasteiger charge is 2.05. The average Bonchev–Trinajstić information content (AvgIpc) is 2.46. The van der Waals surface area contributed by atoms with E-state index in [2.05, 4.69) is 25.9 Å². The van der Waals surface area contributed by atoms with Crippen LogP contribution in [0.4, 0.5) is 0 Å². The summed E-state index contributed by atoms with van der Waals surface area (Å²) >= 11 is 4.95. The van der Waals surface area contributed by atoms with Gasteiger partial charge in [0.2, 0.25) is 0 Å². The standard InChI is InChI=1S/C15H15BrN2OS/c1-11-9-17-15(18-10-11)20-8-2-3-14(19)12-4-6-13(16)7-5-12/h4-7,9-10H,2-3,8H2,1H3. The Balaban J connectivity index is 1.74. The summed E-state index contributed by atoms with van der Waals surface area (Å²) < 4.78 is 0.987. The second-order valence-corrected chi connectivity index (χ2v) is 6.40. The van der Waals surface area contributed by atoms with Gasteiger partial charge >= 0.3 is 0 Å². The average molecular weight is 351 g/mol. The topological polar surface area (TPSA) is 42.9 Å². The Bertz CT molecular complexity index is 569. The van der Waals surface area contributed by atoms with Crippen LogP contribution in [0.1, 0.15) is 28.8 Å². The number of nitrogens with zero attached hydrogens (tertiary/aromatic N) is 2. The van der Waals surface area contributed by atoms with Gasteiger partial charge in [-0.2, -0.15) is 0 Å². The maximum Gasteiger partial charge on any atom is 0.187 e. The minimum absolute atomic E-state index is 0.183. The quantitative estimate of drug-likeness (QED) is 0.337. The van der Waals surface area contributed by atoms with Crippen LogP contribution < -0.4 is 0 Å². The number of aryl methyl sites for hydroxylation is 1. The number of aromatic nitrogens is 2. The van der Waals surface area contributed by atoms with Crippen molar-refractivity contribution in [3.05, 3.63) is 52.3 Å². The van der Waals surface area contributed by atoms with Gasteiger partial charge in [0, 0.05) is 34.6 Å². The van der Waals surface area contributed by atoms with Crippen molar-refractivity contribution in [2.45, 2.75) is 24.9 Å². The molecule has 0 amide bonds. The molecule has 0 saturated heterocycles. The summed E-state index contributed by atoms with van der Waals surface area (Å²) in [5, 5.41) is 0.770. The van der Waals surface area contributed by atoms with Gasteiger partial charge in [0.15, 0.2) is 10.9 Å². The molecule has 0 aliphatic carbocycles. The molecule has 0 saturated carbocycles. The van der Waals surface area contributed by atoms with Crippen molar-refractivity contribution in [2.75, 3.05) is 5.75 Å². The summed E-state index contributed by atoms with van der Waals surface area (Å²) in [6.07, 6.45) is 5.00. The number of thioether (sulfide) groups is 1. The first kappa shape index (κ1) is 15.2. The molecule has 1 aromatic carbocycles. The number of rotatable bonds is 6. The number of hydrogen-bond donors (Lipinski definition) is 0. The number of Topliss-reactive ketones (excluding diaryl/α,β-unsaturated/α-hetero) is 1. The molecule has 5 heteroatoms. The van der Waals surface area contributed by atoms with Gasteiger partial charge in [-0.1, -0.05) is 39.8 Å². The van der Waals surface area contributed by atoms with Crippen molar-refractivity contribution in [3.8, 4) is 0 Å². The minimum Gasteiger partial charge on any atom is -0.294 e. The van der Waals surface area contributed by atoms with E-state index < -0.39 is 0 Å². The first-order valence-electron chi connectivity index (χ1n) is 6.35. The molecule has 0 atom stereocenters. The van der Waals surface area contributed by atoms with E-state index in [4.69, 9.17) is 0 Å². The minimum atomic E-state index is 0.183. The lowest BCUT2D eigenvalue weighted by Gasteiger charge is -2.02. The predicted molar refractivity (Wildman–Crippen MR) is 85.2 cm³/mol. The first-order chi connectivity index (χ1) is 9.65. The molecule has 0 N–H and O–H groups in total. The van der Waals surface area contributed by atoms with Crippen LogP contribution in [0.2, 0.25) is 0 Å². The van der Waals surface area contributed by atoms with Gasteiger partial charge in [0.25, 0.3) is 0 Å². The number of halogens is 1. The molecule has 0 unspecified atom stereocenters. The fourth-order valence-corrected chi connectivity index (χ4v) is 2.62. The first-order valence-corrected chi connectivity index (χ1v) is 8.13. The fourth-order valence-electron chi connectivity index (χ4n) is 1.63. The summed E-state index contributed by atoms with van der Waals surface area (Å²) in [6.45, 7) is 1.96. The molecule has 0 bridgehead atoms. The molecule has 1 heterocycles. The molecule has 0 aliphatic rings. The van der Waals surface area contributed by atoms with Gasteiger partial charge in [-0.15, -0.1) is 0 Å². The summed E-state index contributed by atoms with van der Waals surface area (Å²) in [7, 11) is 0. The van der Waals surface area contributed by atoms with Crippen molar-refractivity contribution in [1.29, 1.82) is 0 Å². The highest BCUT2D eigenvalue weighted by Crippen LogP contribution is 2.16. The number of ketones is 1.